The first kappa shape index (κ1) is 11.7. The highest BCUT2D eigenvalue weighted by Crippen LogP contribution is 2.38. The van der Waals surface area contributed by atoms with Gasteiger partial charge in [-0.3, -0.25) is 0 Å². The van der Waals surface area contributed by atoms with Gasteiger partial charge in [0.15, 0.2) is 0 Å². The molecule has 1 fully saturated rings. The molecular weight excluding hydrogens is 227 g/mol. The average molecular weight is 246 g/mol. The first-order valence-electron chi connectivity index (χ1n) is 6.67. The molecule has 3 unspecified atom stereocenters. The molecule has 0 aliphatic heterocycles. The van der Waals surface area contributed by atoms with Crippen molar-refractivity contribution in [3.63, 3.8) is 0 Å². The van der Waals surface area contributed by atoms with Crippen LogP contribution in [0.3, 0.4) is 0 Å². The maximum Gasteiger partial charge on any atom is 0.123 e. The SMILES string of the molecule is CC1CCC(N)C(c2c[nH]c3ccc(F)cc23)C1. The van der Waals surface area contributed by atoms with Gasteiger partial charge in [-0.25, -0.2) is 4.39 Å². The van der Waals surface area contributed by atoms with Crippen LogP contribution in [0.1, 0.15) is 37.7 Å². The molecule has 3 atom stereocenters. The summed E-state index contributed by atoms with van der Waals surface area (Å²) in [5, 5.41) is 0.990. The predicted molar refractivity (Wildman–Crippen MR) is 72.0 cm³/mol. The normalized spacial score (nSPS) is 28.7. The highest BCUT2D eigenvalue weighted by Gasteiger charge is 2.28. The maximum absolute atomic E-state index is 13.4. The minimum atomic E-state index is -0.180. The summed E-state index contributed by atoms with van der Waals surface area (Å²) in [5.74, 6) is 0.874. The Balaban J connectivity index is 2.05. The van der Waals surface area contributed by atoms with Crippen molar-refractivity contribution in [2.45, 2.75) is 38.1 Å². The summed E-state index contributed by atoms with van der Waals surface area (Å²) >= 11 is 0. The van der Waals surface area contributed by atoms with Crippen molar-refractivity contribution in [3.8, 4) is 0 Å². The van der Waals surface area contributed by atoms with Gasteiger partial charge < -0.3 is 10.7 Å². The van der Waals surface area contributed by atoms with Gasteiger partial charge in [-0.05, 0) is 48.9 Å². The number of hydrogen-bond acceptors (Lipinski definition) is 1. The van der Waals surface area contributed by atoms with Crippen molar-refractivity contribution in [1.29, 1.82) is 0 Å². The molecule has 18 heavy (non-hydrogen) atoms. The van der Waals surface area contributed by atoms with Crippen LogP contribution >= 0.6 is 0 Å². The highest BCUT2D eigenvalue weighted by atomic mass is 19.1. The summed E-state index contributed by atoms with van der Waals surface area (Å²) in [6, 6.07) is 5.11. The lowest BCUT2D eigenvalue weighted by Gasteiger charge is -2.32. The zero-order valence-electron chi connectivity index (χ0n) is 10.6. The number of H-pyrrole nitrogens is 1. The summed E-state index contributed by atoms with van der Waals surface area (Å²) < 4.78 is 13.4. The highest BCUT2D eigenvalue weighted by molar-refractivity contribution is 5.83. The lowest BCUT2D eigenvalue weighted by Crippen LogP contribution is -2.33. The van der Waals surface area contributed by atoms with Crippen molar-refractivity contribution in [2.75, 3.05) is 0 Å². The third-order valence-corrected chi connectivity index (χ3v) is 4.24. The summed E-state index contributed by atoms with van der Waals surface area (Å²) in [6.07, 6.45) is 5.37. The largest absolute Gasteiger partial charge is 0.361 e. The fraction of sp³-hybridized carbons (Fsp3) is 0.467. The fourth-order valence-corrected chi connectivity index (χ4v) is 3.18. The molecule has 2 nitrogen and oxygen atoms in total. The summed E-state index contributed by atoms with van der Waals surface area (Å²) in [5.41, 5.74) is 8.43. The lowest BCUT2D eigenvalue weighted by atomic mass is 9.76. The second-order valence-corrected chi connectivity index (χ2v) is 5.62. The molecular formula is C15H19FN2. The molecule has 1 aromatic carbocycles. The van der Waals surface area contributed by atoms with Gasteiger partial charge in [0.25, 0.3) is 0 Å². The molecule has 96 valence electrons. The van der Waals surface area contributed by atoms with Crippen LogP contribution in [-0.4, -0.2) is 11.0 Å². The van der Waals surface area contributed by atoms with E-state index in [1.807, 2.05) is 6.20 Å². The van der Waals surface area contributed by atoms with Crippen LogP contribution in [0.5, 0.6) is 0 Å². The standard InChI is InChI=1S/C15H19FN2/c1-9-2-4-14(17)11(6-9)13-8-18-15-5-3-10(16)7-12(13)15/h3,5,7-9,11,14,18H,2,4,6,17H2,1H3. The summed E-state index contributed by atoms with van der Waals surface area (Å²) in [6.45, 7) is 2.27. The van der Waals surface area contributed by atoms with Gasteiger partial charge in [0.1, 0.15) is 5.82 Å². The molecule has 1 aliphatic rings. The van der Waals surface area contributed by atoms with Crippen LogP contribution in [0.2, 0.25) is 0 Å². The van der Waals surface area contributed by atoms with E-state index in [0.29, 0.717) is 11.8 Å². The summed E-state index contributed by atoms with van der Waals surface area (Å²) in [4.78, 5) is 3.23. The third kappa shape index (κ3) is 1.93. The van der Waals surface area contributed by atoms with Gasteiger partial charge >= 0.3 is 0 Å². The average Bonchev–Trinajstić information content (AvgIpc) is 2.75. The minimum Gasteiger partial charge on any atom is -0.361 e. The number of hydrogen-bond donors (Lipinski definition) is 2. The second kappa shape index (κ2) is 4.39. The van der Waals surface area contributed by atoms with Crippen LogP contribution < -0.4 is 5.73 Å². The van der Waals surface area contributed by atoms with Crippen molar-refractivity contribution in [2.24, 2.45) is 11.7 Å². The van der Waals surface area contributed by atoms with Crippen molar-refractivity contribution < 1.29 is 4.39 Å². The number of fused-ring (bicyclic) bond motifs is 1. The Hall–Kier alpha value is -1.35. The zero-order chi connectivity index (χ0) is 12.7. The molecule has 0 radical (unpaired) electrons. The molecule has 0 spiro atoms. The molecule has 0 saturated heterocycles. The molecule has 3 heteroatoms. The molecule has 0 amide bonds. The zero-order valence-corrected chi connectivity index (χ0v) is 10.6. The van der Waals surface area contributed by atoms with E-state index < -0.39 is 0 Å². The number of benzene rings is 1. The predicted octanol–water partition coefficient (Wildman–Crippen LogP) is 3.54. The Morgan fingerprint density at radius 3 is 3.00 bits per heavy atom. The smallest absolute Gasteiger partial charge is 0.123 e. The molecule has 3 N–H and O–H groups in total. The van der Waals surface area contributed by atoms with E-state index in [4.69, 9.17) is 5.73 Å². The van der Waals surface area contributed by atoms with Crippen LogP contribution in [0.4, 0.5) is 4.39 Å². The number of nitrogens with two attached hydrogens (primary N) is 1. The van der Waals surface area contributed by atoms with E-state index in [1.54, 1.807) is 12.1 Å². The Morgan fingerprint density at radius 2 is 2.17 bits per heavy atom. The molecule has 2 aromatic rings. The summed E-state index contributed by atoms with van der Waals surface area (Å²) in [7, 11) is 0. The Kier molecular flexibility index (Phi) is 2.86. The fourth-order valence-electron chi connectivity index (χ4n) is 3.18. The van der Waals surface area contributed by atoms with E-state index in [1.165, 1.54) is 18.1 Å². The number of aromatic amines is 1. The molecule has 1 heterocycles. The van der Waals surface area contributed by atoms with E-state index >= 15 is 0 Å². The van der Waals surface area contributed by atoms with E-state index in [-0.39, 0.29) is 11.9 Å². The maximum atomic E-state index is 13.4. The molecule has 1 aromatic heterocycles. The topological polar surface area (TPSA) is 41.8 Å². The van der Waals surface area contributed by atoms with Gasteiger partial charge in [-0.1, -0.05) is 6.92 Å². The molecule has 0 bridgehead atoms. The quantitative estimate of drug-likeness (QED) is 0.794. The van der Waals surface area contributed by atoms with Gasteiger partial charge in [0.2, 0.25) is 0 Å². The lowest BCUT2D eigenvalue weighted by molar-refractivity contribution is 0.307. The molecule has 3 rings (SSSR count). The molecule has 1 saturated carbocycles. The van der Waals surface area contributed by atoms with Gasteiger partial charge in [-0.2, -0.15) is 0 Å². The number of halogens is 1. The second-order valence-electron chi connectivity index (χ2n) is 5.62. The van der Waals surface area contributed by atoms with Crippen molar-refractivity contribution >= 4 is 10.9 Å². The Morgan fingerprint density at radius 1 is 1.33 bits per heavy atom. The van der Waals surface area contributed by atoms with Crippen LogP contribution in [0.15, 0.2) is 24.4 Å². The monoisotopic (exact) mass is 246 g/mol. The number of rotatable bonds is 1. The third-order valence-electron chi connectivity index (χ3n) is 4.24. The van der Waals surface area contributed by atoms with Crippen molar-refractivity contribution in [3.05, 3.63) is 35.8 Å². The minimum absolute atomic E-state index is 0.180. The van der Waals surface area contributed by atoms with Crippen LogP contribution in [-0.2, 0) is 0 Å². The van der Waals surface area contributed by atoms with Crippen LogP contribution in [0, 0.1) is 11.7 Å². The van der Waals surface area contributed by atoms with Gasteiger partial charge in [0.05, 0.1) is 0 Å². The van der Waals surface area contributed by atoms with E-state index in [9.17, 15) is 4.39 Å². The number of nitrogens with one attached hydrogen (secondary N) is 1. The number of aromatic nitrogens is 1. The first-order chi connectivity index (χ1) is 8.65. The Bertz CT molecular complexity index is 561. The van der Waals surface area contributed by atoms with E-state index in [2.05, 4.69) is 11.9 Å². The van der Waals surface area contributed by atoms with Crippen molar-refractivity contribution in [1.82, 2.24) is 4.98 Å². The van der Waals surface area contributed by atoms with Crippen LogP contribution in [0.25, 0.3) is 10.9 Å². The van der Waals surface area contributed by atoms with E-state index in [0.717, 1.165) is 23.7 Å². The van der Waals surface area contributed by atoms with Gasteiger partial charge in [-0.15, -0.1) is 0 Å². The molecule has 1 aliphatic carbocycles. The first-order valence-corrected chi connectivity index (χ1v) is 6.67. The Labute approximate surface area is 106 Å². The van der Waals surface area contributed by atoms with Gasteiger partial charge in [0, 0.05) is 29.1 Å².